The summed E-state index contributed by atoms with van der Waals surface area (Å²) in [6, 6.07) is 8.36. The summed E-state index contributed by atoms with van der Waals surface area (Å²) in [7, 11) is 1.49. The first-order valence-electron chi connectivity index (χ1n) is 6.86. The minimum absolute atomic E-state index is 0.311. The third kappa shape index (κ3) is 1.94. The van der Waals surface area contributed by atoms with Gasteiger partial charge in [-0.15, -0.1) is 0 Å². The summed E-state index contributed by atoms with van der Waals surface area (Å²) in [4.78, 5) is 24.2. The summed E-state index contributed by atoms with van der Waals surface area (Å²) in [5, 5.41) is 22.5. The minimum atomic E-state index is -1.24. The van der Waals surface area contributed by atoms with Crippen molar-refractivity contribution in [2.24, 2.45) is 11.3 Å². The van der Waals surface area contributed by atoms with Gasteiger partial charge in [0.1, 0.15) is 12.2 Å². The predicted molar refractivity (Wildman–Crippen MR) is 72.3 cm³/mol. The molecule has 2 aliphatic rings. The van der Waals surface area contributed by atoms with E-state index in [0.29, 0.717) is 12.0 Å². The molecule has 2 aliphatic carbocycles. The fraction of sp³-hybridized carbons (Fsp3) is 0.467. The number of aliphatic hydroxyl groups is 2. The Morgan fingerprint density at radius 1 is 1.24 bits per heavy atom. The lowest BCUT2D eigenvalue weighted by molar-refractivity contribution is -0.132. The summed E-state index contributed by atoms with van der Waals surface area (Å²) in [5.74, 6) is -1.28. The number of benzene rings is 1. The molecule has 1 amide bonds. The molecule has 0 spiro atoms. The molecule has 0 aromatic heterocycles. The second-order valence-corrected chi connectivity index (χ2v) is 5.60. The summed E-state index contributed by atoms with van der Waals surface area (Å²) < 4.78 is 5.35. The standard InChI is InChI=1S/C15H17NO5/c1-16-14(20)15-7-9(15)10(17)11(18)12(15)21-13(19)8-5-3-2-4-6-8/h2-6,9-12,17-18H,7H2,1H3,(H,16,20)/t9-,10+,11+,12+,15+/m1/s1. The zero-order valence-electron chi connectivity index (χ0n) is 11.5. The number of ether oxygens (including phenoxy) is 1. The quantitative estimate of drug-likeness (QED) is 0.665. The summed E-state index contributed by atoms with van der Waals surface area (Å²) in [6.45, 7) is 0. The van der Waals surface area contributed by atoms with Gasteiger partial charge in [-0.2, -0.15) is 0 Å². The van der Waals surface area contributed by atoms with Crippen LogP contribution in [0.1, 0.15) is 16.8 Å². The molecule has 0 heterocycles. The van der Waals surface area contributed by atoms with Gasteiger partial charge in [0, 0.05) is 13.0 Å². The number of aliphatic hydroxyl groups excluding tert-OH is 2. The van der Waals surface area contributed by atoms with Crippen LogP contribution in [0.5, 0.6) is 0 Å². The molecule has 112 valence electrons. The third-order valence-corrected chi connectivity index (χ3v) is 4.53. The Kier molecular flexibility index (Phi) is 3.22. The molecule has 0 unspecified atom stereocenters. The fourth-order valence-electron chi connectivity index (χ4n) is 3.33. The van der Waals surface area contributed by atoms with E-state index in [2.05, 4.69) is 5.32 Å². The summed E-state index contributed by atoms with van der Waals surface area (Å²) in [5.41, 5.74) is -0.659. The molecule has 0 radical (unpaired) electrons. The molecule has 1 aromatic carbocycles. The van der Waals surface area contributed by atoms with Crippen molar-refractivity contribution in [2.45, 2.75) is 24.7 Å². The van der Waals surface area contributed by atoms with Crippen molar-refractivity contribution in [2.75, 3.05) is 7.05 Å². The molecule has 2 saturated carbocycles. The van der Waals surface area contributed by atoms with Crippen LogP contribution in [0.25, 0.3) is 0 Å². The Morgan fingerprint density at radius 2 is 1.90 bits per heavy atom. The van der Waals surface area contributed by atoms with E-state index in [1.54, 1.807) is 30.3 Å². The van der Waals surface area contributed by atoms with Crippen LogP contribution in [0.3, 0.4) is 0 Å². The van der Waals surface area contributed by atoms with Crippen LogP contribution in [0, 0.1) is 11.3 Å². The van der Waals surface area contributed by atoms with E-state index in [0.717, 1.165) is 0 Å². The number of hydrogen-bond donors (Lipinski definition) is 3. The second kappa shape index (κ2) is 4.82. The van der Waals surface area contributed by atoms with Gasteiger partial charge in [-0.1, -0.05) is 18.2 Å². The smallest absolute Gasteiger partial charge is 0.338 e. The maximum atomic E-state index is 12.1. The van der Waals surface area contributed by atoms with Crippen molar-refractivity contribution in [1.29, 1.82) is 0 Å². The number of esters is 1. The van der Waals surface area contributed by atoms with Crippen molar-refractivity contribution in [3.05, 3.63) is 35.9 Å². The molecule has 0 bridgehead atoms. The highest BCUT2D eigenvalue weighted by atomic mass is 16.6. The van der Waals surface area contributed by atoms with Crippen LogP contribution in [0.2, 0.25) is 0 Å². The van der Waals surface area contributed by atoms with Gasteiger partial charge in [0.25, 0.3) is 0 Å². The molecule has 1 aromatic rings. The topological polar surface area (TPSA) is 95.9 Å². The molecule has 3 rings (SSSR count). The summed E-state index contributed by atoms with van der Waals surface area (Å²) in [6.07, 6.45) is -2.90. The summed E-state index contributed by atoms with van der Waals surface area (Å²) >= 11 is 0. The van der Waals surface area contributed by atoms with E-state index in [1.807, 2.05) is 0 Å². The molecular weight excluding hydrogens is 274 g/mol. The van der Waals surface area contributed by atoms with Gasteiger partial charge in [-0.25, -0.2) is 4.79 Å². The monoisotopic (exact) mass is 291 g/mol. The SMILES string of the molecule is CNC(=O)[C@@]12C[C@@H]1[C@H](O)[C@H](O)[C@@H]2OC(=O)c1ccccc1. The normalized spacial score (nSPS) is 36.7. The van der Waals surface area contributed by atoms with E-state index in [-0.39, 0.29) is 11.8 Å². The van der Waals surface area contributed by atoms with Crippen LogP contribution >= 0.6 is 0 Å². The van der Waals surface area contributed by atoms with E-state index in [9.17, 15) is 19.8 Å². The molecule has 6 heteroatoms. The number of carbonyl (C=O) groups is 2. The number of nitrogens with one attached hydrogen (secondary N) is 1. The second-order valence-electron chi connectivity index (χ2n) is 5.60. The van der Waals surface area contributed by atoms with Crippen LogP contribution in [-0.2, 0) is 9.53 Å². The van der Waals surface area contributed by atoms with Gasteiger partial charge in [-0.3, -0.25) is 4.79 Å². The zero-order valence-corrected chi connectivity index (χ0v) is 11.5. The lowest BCUT2D eigenvalue weighted by atomic mass is 9.98. The highest BCUT2D eigenvalue weighted by Crippen LogP contribution is 2.64. The number of rotatable bonds is 3. The van der Waals surface area contributed by atoms with Crippen LogP contribution in [-0.4, -0.2) is 47.4 Å². The highest BCUT2D eigenvalue weighted by Gasteiger charge is 2.76. The molecule has 0 saturated heterocycles. The lowest BCUT2D eigenvalue weighted by Crippen LogP contribution is -2.44. The first-order valence-corrected chi connectivity index (χ1v) is 6.86. The Labute approximate surface area is 121 Å². The average molecular weight is 291 g/mol. The minimum Gasteiger partial charge on any atom is -0.455 e. The van der Waals surface area contributed by atoms with Crippen LogP contribution < -0.4 is 5.32 Å². The molecule has 3 N–H and O–H groups in total. The van der Waals surface area contributed by atoms with Crippen molar-refractivity contribution in [3.63, 3.8) is 0 Å². The average Bonchev–Trinajstić information content (AvgIpc) is 3.23. The first kappa shape index (κ1) is 14.0. The van der Waals surface area contributed by atoms with Crippen LogP contribution in [0.4, 0.5) is 0 Å². The van der Waals surface area contributed by atoms with Gasteiger partial charge < -0.3 is 20.3 Å². The Bertz CT molecular complexity index is 575. The number of amides is 1. The maximum absolute atomic E-state index is 12.1. The number of carbonyl (C=O) groups excluding carboxylic acids is 2. The number of hydrogen-bond acceptors (Lipinski definition) is 5. The first-order chi connectivity index (χ1) is 10.0. The van der Waals surface area contributed by atoms with E-state index in [1.165, 1.54) is 7.05 Å². The van der Waals surface area contributed by atoms with E-state index in [4.69, 9.17) is 4.74 Å². The molecule has 2 fully saturated rings. The van der Waals surface area contributed by atoms with Crippen LogP contribution in [0.15, 0.2) is 30.3 Å². The van der Waals surface area contributed by atoms with Gasteiger partial charge in [0.05, 0.1) is 17.1 Å². The van der Waals surface area contributed by atoms with Crippen molar-refractivity contribution in [1.82, 2.24) is 5.32 Å². The maximum Gasteiger partial charge on any atom is 0.338 e. The molecule has 0 aliphatic heterocycles. The Balaban J connectivity index is 1.83. The van der Waals surface area contributed by atoms with Gasteiger partial charge in [-0.05, 0) is 18.6 Å². The Morgan fingerprint density at radius 3 is 2.52 bits per heavy atom. The third-order valence-electron chi connectivity index (χ3n) is 4.53. The highest BCUT2D eigenvalue weighted by molar-refractivity contribution is 5.91. The van der Waals surface area contributed by atoms with E-state index >= 15 is 0 Å². The Hall–Kier alpha value is -1.92. The van der Waals surface area contributed by atoms with Crippen molar-refractivity contribution >= 4 is 11.9 Å². The molecule has 21 heavy (non-hydrogen) atoms. The van der Waals surface area contributed by atoms with Gasteiger partial charge >= 0.3 is 5.97 Å². The van der Waals surface area contributed by atoms with Gasteiger partial charge in [0.15, 0.2) is 0 Å². The van der Waals surface area contributed by atoms with Crippen molar-refractivity contribution in [3.8, 4) is 0 Å². The van der Waals surface area contributed by atoms with Gasteiger partial charge in [0.2, 0.25) is 5.91 Å². The molecular formula is C15H17NO5. The fourth-order valence-corrected chi connectivity index (χ4v) is 3.33. The molecule has 5 atom stereocenters. The predicted octanol–water partition coefficient (Wildman–Crippen LogP) is -0.300. The lowest BCUT2D eigenvalue weighted by Gasteiger charge is -2.25. The van der Waals surface area contributed by atoms with Crippen molar-refractivity contribution < 1.29 is 24.5 Å². The largest absolute Gasteiger partial charge is 0.455 e. The zero-order chi connectivity index (χ0) is 15.2. The number of fused-ring (bicyclic) bond motifs is 1. The molecule has 6 nitrogen and oxygen atoms in total. The van der Waals surface area contributed by atoms with E-state index < -0.39 is 29.7 Å².